The van der Waals surface area contributed by atoms with E-state index in [1.165, 1.54) is 16.9 Å². The molecule has 3 heteroatoms. The molecule has 16 heavy (non-hydrogen) atoms. The summed E-state index contributed by atoms with van der Waals surface area (Å²) in [5, 5.41) is 13.3. The van der Waals surface area contributed by atoms with Crippen molar-refractivity contribution in [1.82, 2.24) is 5.32 Å². The summed E-state index contributed by atoms with van der Waals surface area (Å²) in [6.07, 6.45) is 2.07. The number of aliphatic hydroxyl groups excluding tert-OH is 1. The Morgan fingerprint density at radius 3 is 2.81 bits per heavy atom. The van der Waals surface area contributed by atoms with E-state index in [2.05, 4.69) is 36.5 Å². The van der Waals surface area contributed by atoms with E-state index in [4.69, 9.17) is 0 Å². The normalized spacial score (nSPS) is 22.2. The average molecular weight is 237 g/mol. The van der Waals surface area contributed by atoms with Gasteiger partial charge in [0.2, 0.25) is 0 Å². The zero-order chi connectivity index (χ0) is 11.4. The van der Waals surface area contributed by atoms with Crippen LogP contribution in [0.1, 0.15) is 18.4 Å². The molecule has 1 unspecified atom stereocenters. The van der Waals surface area contributed by atoms with Crippen LogP contribution in [0.2, 0.25) is 0 Å². The van der Waals surface area contributed by atoms with Gasteiger partial charge in [-0.1, -0.05) is 17.7 Å². The van der Waals surface area contributed by atoms with E-state index >= 15 is 0 Å². The molecule has 2 N–H and O–H groups in total. The summed E-state index contributed by atoms with van der Waals surface area (Å²) in [6.45, 7) is 3.14. The van der Waals surface area contributed by atoms with E-state index in [9.17, 15) is 5.11 Å². The maximum atomic E-state index is 9.98. The van der Waals surface area contributed by atoms with Crippen molar-refractivity contribution in [3.05, 3.63) is 29.8 Å². The summed E-state index contributed by atoms with van der Waals surface area (Å²) in [5.41, 5.74) is 1.28. The van der Waals surface area contributed by atoms with E-state index < -0.39 is 0 Å². The minimum absolute atomic E-state index is 0.228. The number of aliphatic hydroxyl groups is 1. The van der Waals surface area contributed by atoms with Crippen molar-refractivity contribution in [2.24, 2.45) is 0 Å². The molecule has 1 aliphatic heterocycles. The number of rotatable bonds is 4. The summed E-state index contributed by atoms with van der Waals surface area (Å²) < 4.78 is 0. The lowest BCUT2D eigenvalue weighted by Crippen LogP contribution is -2.36. The number of hydrogen-bond acceptors (Lipinski definition) is 3. The van der Waals surface area contributed by atoms with Crippen molar-refractivity contribution < 1.29 is 5.11 Å². The maximum absolute atomic E-state index is 9.98. The topological polar surface area (TPSA) is 32.3 Å². The average Bonchev–Trinajstić information content (AvgIpc) is 2.81. The minimum atomic E-state index is -0.228. The third-order valence-corrected chi connectivity index (χ3v) is 4.12. The Morgan fingerprint density at radius 2 is 2.19 bits per heavy atom. The maximum Gasteiger partial charge on any atom is 0.0786 e. The largest absolute Gasteiger partial charge is 0.391 e. The molecule has 2 nitrogen and oxygen atoms in total. The van der Waals surface area contributed by atoms with Gasteiger partial charge >= 0.3 is 0 Å². The first-order valence-corrected chi connectivity index (χ1v) is 6.85. The SMILES string of the molecule is Cc1ccc(SCC(O)[C@@H]2CCCN2)cc1. The first-order chi connectivity index (χ1) is 7.75. The molecule has 0 amide bonds. The third kappa shape index (κ3) is 3.24. The van der Waals surface area contributed by atoms with Crippen molar-refractivity contribution in [2.75, 3.05) is 12.3 Å². The fraction of sp³-hybridized carbons (Fsp3) is 0.538. The zero-order valence-electron chi connectivity index (χ0n) is 9.65. The van der Waals surface area contributed by atoms with Crippen LogP contribution in [0.15, 0.2) is 29.2 Å². The number of aryl methyl sites for hydroxylation is 1. The highest BCUT2D eigenvalue weighted by Gasteiger charge is 2.22. The first-order valence-electron chi connectivity index (χ1n) is 5.86. The van der Waals surface area contributed by atoms with E-state index in [1.807, 2.05) is 0 Å². The molecule has 1 aromatic rings. The van der Waals surface area contributed by atoms with Gasteiger partial charge in [0.1, 0.15) is 0 Å². The van der Waals surface area contributed by atoms with Crippen LogP contribution in [0.25, 0.3) is 0 Å². The lowest BCUT2D eigenvalue weighted by Gasteiger charge is -2.17. The Bertz CT molecular complexity index is 319. The quantitative estimate of drug-likeness (QED) is 0.787. The van der Waals surface area contributed by atoms with Crippen LogP contribution in [0, 0.1) is 6.92 Å². The molecule has 88 valence electrons. The highest BCUT2D eigenvalue weighted by Crippen LogP contribution is 2.21. The van der Waals surface area contributed by atoms with Gasteiger partial charge in [-0.3, -0.25) is 0 Å². The molecule has 0 aliphatic carbocycles. The van der Waals surface area contributed by atoms with Crippen molar-refractivity contribution in [2.45, 2.75) is 36.8 Å². The molecule has 1 aromatic carbocycles. The van der Waals surface area contributed by atoms with E-state index in [1.54, 1.807) is 11.8 Å². The van der Waals surface area contributed by atoms with Gasteiger partial charge in [-0.15, -0.1) is 11.8 Å². The van der Waals surface area contributed by atoms with Gasteiger partial charge in [-0.25, -0.2) is 0 Å². The van der Waals surface area contributed by atoms with Crippen LogP contribution in [-0.2, 0) is 0 Å². The molecule has 1 heterocycles. The number of hydrogen-bond donors (Lipinski definition) is 2. The summed E-state index contributed by atoms with van der Waals surface area (Å²) in [4.78, 5) is 1.24. The van der Waals surface area contributed by atoms with Gasteiger partial charge in [-0.2, -0.15) is 0 Å². The van der Waals surface area contributed by atoms with Crippen LogP contribution >= 0.6 is 11.8 Å². The molecular weight excluding hydrogens is 218 g/mol. The highest BCUT2D eigenvalue weighted by molar-refractivity contribution is 7.99. The Labute approximate surface area is 101 Å². The molecule has 0 saturated carbocycles. The molecule has 1 fully saturated rings. The first kappa shape index (κ1) is 12.0. The Balaban J connectivity index is 1.80. The van der Waals surface area contributed by atoms with Gasteiger partial charge in [0, 0.05) is 16.7 Å². The van der Waals surface area contributed by atoms with Crippen molar-refractivity contribution in [3.63, 3.8) is 0 Å². The Hall–Kier alpha value is -0.510. The molecule has 0 bridgehead atoms. The highest BCUT2D eigenvalue weighted by atomic mass is 32.2. The summed E-state index contributed by atoms with van der Waals surface area (Å²) in [5.74, 6) is 0.778. The fourth-order valence-corrected chi connectivity index (χ4v) is 2.90. The van der Waals surface area contributed by atoms with Gasteiger partial charge in [0.15, 0.2) is 0 Å². The van der Waals surface area contributed by atoms with Gasteiger partial charge < -0.3 is 10.4 Å². The fourth-order valence-electron chi connectivity index (χ4n) is 1.97. The van der Waals surface area contributed by atoms with Crippen molar-refractivity contribution >= 4 is 11.8 Å². The van der Waals surface area contributed by atoms with Crippen LogP contribution in [0.3, 0.4) is 0 Å². The smallest absolute Gasteiger partial charge is 0.0786 e. The van der Waals surface area contributed by atoms with Crippen molar-refractivity contribution in [1.29, 1.82) is 0 Å². The van der Waals surface area contributed by atoms with Crippen molar-refractivity contribution in [3.8, 4) is 0 Å². The molecule has 0 aromatic heterocycles. The zero-order valence-corrected chi connectivity index (χ0v) is 10.5. The second-order valence-electron chi connectivity index (χ2n) is 4.39. The number of benzene rings is 1. The second kappa shape index (κ2) is 5.71. The lowest BCUT2D eigenvalue weighted by molar-refractivity contribution is 0.159. The van der Waals surface area contributed by atoms with Gasteiger partial charge in [0.05, 0.1) is 6.10 Å². The molecular formula is C13H19NOS. The molecule has 1 aliphatic rings. The predicted octanol–water partition coefficient (Wildman–Crippen LogP) is 2.20. The molecule has 2 atom stereocenters. The van der Waals surface area contributed by atoms with Crippen LogP contribution < -0.4 is 5.32 Å². The van der Waals surface area contributed by atoms with Gasteiger partial charge in [-0.05, 0) is 38.4 Å². The monoisotopic (exact) mass is 237 g/mol. The van der Waals surface area contributed by atoms with E-state index in [-0.39, 0.29) is 6.10 Å². The van der Waals surface area contributed by atoms with Gasteiger partial charge in [0.25, 0.3) is 0 Å². The molecule has 0 spiro atoms. The summed E-state index contributed by atoms with van der Waals surface area (Å²) in [7, 11) is 0. The second-order valence-corrected chi connectivity index (χ2v) is 5.49. The summed E-state index contributed by atoms with van der Waals surface area (Å²) in [6, 6.07) is 8.77. The van der Waals surface area contributed by atoms with E-state index in [0.29, 0.717) is 6.04 Å². The Kier molecular flexibility index (Phi) is 4.27. The minimum Gasteiger partial charge on any atom is -0.391 e. The lowest BCUT2D eigenvalue weighted by atomic mass is 10.1. The third-order valence-electron chi connectivity index (χ3n) is 3.00. The number of thioether (sulfide) groups is 1. The molecule has 2 rings (SSSR count). The van der Waals surface area contributed by atoms with Crippen LogP contribution in [0.5, 0.6) is 0 Å². The summed E-state index contributed by atoms with van der Waals surface area (Å²) >= 11 is 1.73. The molecule has 1 saturated heterocycles. The van der Waals surface area contributed by atoms with E-state index in [0.717, 1.165) is 18.7 Å². The molecule has 0 radical (unpaired) electrons. The Morgan fingerprint density at radius 1 is 1.44 bits per heavy atom. The van der Waals surface area contributed by atoms with Crippen LogP contribution in [0.4, 0.5) is 0 Å². The predicted molar refractivity (Wildman–Crippen MR) is 68.9 cm³/mol. The standard InChI is InChI=1S/C13H19NOS/c1-10-4-6-11(7-5-10)16-9-13(15)12-3-2-8-14-12/h4-7,12-15H,2-3,8-9H2,1H3/t12-,13?/m0/s1. The number of nitrogens with one attached hydrogen (secondary N) is 1. The van der Waals surface area contributed by atoms with Crippen LogP contribution in [-0.4, -0.2) is 29.5 Å².